The highest BCUT2D eigenvalue weighted by Gasteiger charge is 2.28. The number of rotatable bonds is 4. The highest BCUT2D eigenvalue weighted by atomic mass is 16.5. The molecule has 1 aromatic heterocycles. The van der Waals surface area contributed by atoms with Crippen LogP contribution >= 0.6 is 0 Å². The quantitative estimate of drug-likeness (QED) is 0.771. The Labute approximate surface area is 108 Å². The van der Waals surface area contributed by atoms with Gasteiger partial charge in [-0.1, -0.05) is 13.3 Å². The van der Waals surface area contributed by atoms with E-state index in [2.05, 4.69) is 11.8 Å². The number of hydrogen-bond acceptors (Lipinski definition) is 4. The lowest BCUT2D eigenvalue weighted by molar-refractivity contribution is -0.152. The van der Waals surface area contributed by atoms with Crippen LogP contribution in [0, 0.1) is 6.92 Å². The Balaban J connectivity index is 1.89. The van der Waals surface area contributed by atoms with Crippen molar-refractivity contribution in [3.63, 3.8) is 0 Å². The summed E-state index contributed by atoms with van der Waals surface area (Å²) in [7, 11) is 0. The lowest BCUT2D eigenvalue weighted by Crippen LogP contribution is -2.45. The van der Waals surface area contributed by atoms with Gasteiger partial charge in [-0.05, 0) is 38.9 Å². The van der Waals surface area contributed by atoms with Crippen LogP contribution in [-0.4, -0.2) is 30.0 Å². The largest absolute Gasteiger partial charge is 0.469 e. The van der Waals surface area contributed by atoms with Crippen LogP contribution in [0.3, 0.4) is 0 Å². The molecule has 1 aliphatic rings. The number of likely N-dealkylation sites (tertiary alicyclic amines) is 1. The van der Waals surface area contributed by atoms with Crippen LogP contribution in [0.15, 0.2) is 16.7 Å². The molecule has 0 saturated carbocycles. The Hall–Kier alpha value is -1.29. The summed E-state index contributed by atoms with van der Waals surface area (Å²) in [5, 5.41) is 0. The number of hydrogen-bond donors (Lipinski definition) is 0. The van der Waals surface area contributed by atoms with Gasteiger partial charge in [0.05, 0.1) is 6.26 Å². The van der Waals surface area contributed by atoms with E-state index in [0.717, 1.165) is 37.3 Å². The van der Waals surface area contributed by atoms with Crippen LogP contribution in [0.5, 0.6) is 0 Å². The van der Waals surface area contributed by atoms with Crippen LogP contribution in [-0.2, 0) is 16.1 Å². The molecule has 0 aromatic carbocycles. The molecular formula is C14H21NO3. The topological polar surface area (TPSA) is 42.7 Å². The molecule has 100 valence electrons. The van der Waals surface area contributed by atoms with E-state index in [4.69, 9.17) is 9.15 Å². The summed E-state index contributed by atoms with van der Waals surface area (Å²) in [5.41, 5.74) is 0.946. The zero-order chi connectivity index (χ0) is 13.0. The Morgan fingerprint density at radius 3 is 3.06 bits per heavy atom. The van der Waals surface area contributed by atoms with Gasteiger partial charge in [0, 0.05) is 5.56 Å². The average Bonchev–Trinajstić information content (AvgIpc) is 2.81. The first kappa shape index (κ1) is 13.1. The monoisotopic (exact) mass is 251 g/mol. The molecule has 4 heteroatoms. The summed E-state index contributed by atoms with van der Waals surface area (Å²) >= 11 is 0. The maximum absolute atomic E-state index is 12.1. The van der Waals surface area contributed by atoms with E-state index in [9.17, 15) is 4.79 Å². The van der Waals surface area contributed by atoms with Crippen LogP contribution in [0.4, 0.5) is 0 Å². The van der Waals surface area contributed by atoms with E-state index in [-0.39, 0.29) is 12.0 Å². The molecule has 0 bridgehead atoms. The number of ether oxygens (including phenoxy) is 1. The van der Waals surface area contributed by atoms with Gasteiger partial charge in [0.1, 0.15) is 18.4 Å². The molecule has 0 radical (unpaired) electrons. The van der Waals surface area contributed by atoms with Gasteiger partial charge in [-0.25, -0.2) is 0 Å². The van der Waals surface area contributed by atoms with Gasteiger partial charge >= 0.3 is 5.97 Å². The van der Waals surface area contributed by atoms with E-state index < -0.39 is 0 Å². The summed E-state index contributed by atoms with van der Waals surface area (Å²) in [6.45, 7) is 6.19. The van der Waals surface area contributed by atoms with Crippen molar-refractivity contribution in [2.24, 2.45) is 0 Å². The van der Waals surface area contributed by atoms with Crippen molar-refractivity contribution in [3.8, 4) is 0 Å². The third-order valence-corrected chi connectivity index (χ3v) is 3.63. The standard InChI is InChI=1S/C14H21NO3/c1-3-15-8-5-4-6-13(15)14(16)18-10-12-7-9-17-11(12)2/h7,9,13H,3-6,8,10H2,1-2H3/t13-/m1/s1. The van der Waals surface area contributed by atoms with Crippen molar-refractivity contribution in [3.05, 3.63) is 23.7 Å². The van der Waals surface area contributed by atoms with Gasteiger partial charge in [-0.15, -0.1) is 0 Å². The van der Waals surface area contributed by atoms with Gasteiger partial charge in [-0.3, -0.25) is 9.69 Å². The van der Waals surface area contributed by atoms with Crippen molar-refractivity contribution in [1.82, 2.24) is 4.90 Å². The summed E-state index contributed by atoms with van der Waals surface area (Å²) < 4.78 is 10.6. The Morgan fingerprint density at radius 1 is 1.56 bits per heavy atom. The minimum atomic E-state index is -0.0999. The first-order valence-corrected chi connectivity index (χ1v) is 6.66. The summed E-state index contributed by atoms with van der Waals surface area (Å²) in [5.74, 6) is 0.718. The van der Waals surface area contributed by atoms with Crippen molar-refractivity contribution in [1.29, 1.82) is 0 Å². The fourth-order valence-electron chi connectivity index (χ4n) is 2.44. The third kappa shape index (κ3) is 2.93. The van der Waals surface area contributed by atoms with Crippen molar-refractivity contribution in [2.75, 3.05) is 13.1 Å². The van der Waals surface area contributed by atoms with Gasteiger partial charge in [0.2, 0.25) is 0 Å². The smallest absolute Gasteiger partial charge is 0.323 e. The van der Waals surface area contributed by atoms with Gasteiger partial charge in [0.25, 0.3) is 0 Å². The molecule has 1 saturated heterocycles. The van der Waals surface area contributed by atoms with Gasteiger partial charge in [-0.2, -0.15) is 0 Å². The van der Waals surface area contributed by atoms with Crippen LogP contribution in [0.2, 0.25) is 0 Å². The minimum Gasteiger partial charge on any atom is -0.469 e. The fourth-order valence-corrected chi connectivity index (χ4v) is 2.44. The van der Waals surface area contributed by atoms with Crippen LogP contribution < -0.4 is 0 Å². The molecule has 4 nitrogen and oxygen atoms in total. The second-order valence-corrected chi connectivity index (χ2v) is 4.75. The van der Waals surface area contributed by atoms with Crippen LogP contribution in [0.1, 0.15) is 37.5 Å². The number of likely N-dealkylation sites (N-methyl/N-ethyl adjacent to an activating group) is 1. The summed E-state index contributed by atoms with van der Waals surface area (Å²) in [6, 6.07) is 1.79. The average molecular weight is 251 g/mol. The second kappa shape index (κ2) is 6.05. The predicted molar refractivity (Wildman–Crippen MR) is 68.1 cm³/mol. The van der Waals surface area contributed by atoms with Gasteiger partial charge < -0.3 is 9.15 Å². The molecule has 1 fully saturated rings. The molecule has 1 atom stereocenters. The predicted octanol–water partition coefficient (Wildman–Crippen LogP) is 2.51. The highest BCUT2D eigenvalue weighted by Crippen LogP contribution is 2.19. The summed E-state index contributed by atoms with van der Waals surface area (Å²) in [6.07, 6.45) is 4.83. The molecule has 2 heterocycles. The summed E-state index contributed by atoms with van der Waals surface area (Å²) in [4.78, 5) is 14.3. The highest BCUT2D eigenvalue weighted by molar-refractivity contribution is 5.75. The fraction of sp³-hybridized carbons (Fsp3) is 0.643. The molecular weight excluding hydrogens is 230 g/mol. The number of piperidine rings is 1. The molecule has 0 N–H and O–H groups in total. The van der Waals surface area contributed by atoms with Crippen LogP contribution in [0.25, 0.3) is 0 Å². The molecule has 18 heavy (non-hydrogen) atoms. The lowest BCUT2D eigenvalue weighted by atomic mass is 10.0. The molecule has 0 spiro atoms. The Bertz CT molecular complexity index is 399. The molecule has 1 aliphatic heterocycles. The van der Waals surface area contributed by atoms with E-state index in [1.165, 1.54) is 6.42 Å². The first-order chi connectivity index (χ1) is 8.72. The van der Waals surface area contributed by atoms with E-state index in [1.54, 1.807) is 6.26 Å². The SMILES string of the molecule is CCN1CCCC[C@@H]1C(=O)OCc1ccoc1C. The van der Waals surface area contributed by atoms with E-state index >= 15 is 0 Å². The first-order valence-electron chi connectivity index (χ1n) is 6.66. The minimum absolute atomic E-state index is 0.0593. The number of nitrogens with zero attached hydrogens (tertiary/aromatic N) is 1. The number of carbonyl (C=O) groups is 1. The van der Waals surface area contributed by atoms with Crippen molar-refractivity contribution < 1.29 is 13.9 Å². The molecule has 0 amide bonds. The Morgan fingerprint density at radius 2 is 2.39 bits per heavy atom. The molecule has 1 aromatic rings. The maximum atomic E-state index is 12.1. The zero-order valence-electron chi connectivity index (χ0n) is 11.1. The zero-order valence-corrected chi connectivity index (χ0v) is 11.1. The number of furan rings is 1. The molecule has 0 aliphatic carbocycles. The van der Waals surface area contributed by atoms with E-state index in [0.29, 0.717) is 6.61 Å². The van der Waals surface area contributed by atoms with Gasteiger partial charge in [0.15, 0.2) is 0 Å². The molecule has 0 unspecified atom stereocenters. The normalized spacial score (nSPS) is 20.9. The lowest BCUT2D eigenvalue weighted by Gasteiger charge is -2.32. The molecule has 2 rings (SSSR count). The second-order valence-electron chi connectivity index (χ2n) is 4.75. The van der Waals surface area contributed by atoms with E-state index in [1.807, 2.05) is 13.0 Å². The van der Waals surface area contributed by atoms with Crippen molar-refractivity contribution >= 4 is 5.97 Å². The Kier molecular flexibility index (Phi) is 4.42. The van der Waals surface area contributed by atoms with Crippen molar-refractivity contribution in [2.45, 2.75) is 45.8 Å². The number of carbonyl (C=O) groups excluding carboxylic acids is 1. The maximum Gasteiger partial charge on any atom is 0.323 e. The third-order valence-electron chi connectivity index (χ3n) is 3.63. The number of esters is 1. The number of aryl methyl sites for hydroxylation is 1.